The second kappa shape index (κ2) is 5.84. The number of benzene rings is 2. The van der Waals surface area contributed by atoms with Crippen molar-refractivity contribution in [3.8, 4) is 0 Å². The van der Waals surface area contributed by atoms with E-state index in [9.17, 15) is 13.2 Å². The summed E-state index contributed by atoms with van der Waals surface area (Å²) >= 11 is 0. The van der Waals surface area contributed by atoms with Gasteiger partial charge < -0.3 is 10.8 Å². The zero-order chi connectivity index (χ0) is 15.5. The molecule has 2 aromatic rings. The highest BCUT2D eigenvalue weighted by atomic mass is 32.2. The molecule has 0 spiro atoms. The van der Waals surface area contributed by atoms with Crippen LogP contribution in [0.25, 0.3) is 0 Å². The van der Waals surface area contributed by atoms with Gasteiger partial charge in [0.1, 0.15) is 0 Å². The third kappa shape index (κ3) is 3.96. The number of aliphatic carboxylic acids is 1. The summed E-state index contributed by atoms with van der Waals surface area (Å²) in [5.74, 6) is -0.940. The van der Waals surface area contributed by atoms with Crippen molar-refractivity contribution in [2.75, 3.05) is 10.5 Å². The Balaban J connectivity index is 2.16. The Kier molecular flexibility index (Phi) is 4.13. The third-order valence-corrected chi connectivity index (χ3v) is 4.15. The molecule has 2 rings (SSSR count). The van der Waals surface area contributed by atoms with Crippen molar-refractivity contribution in [3.05, 3.63) is 54.1 Å². The van der Waals surface area contributed by atoms with Crippen LogP contribution in [0.3, 0.4) is 0 Å². The summed E-state index contributed by atoms with van der Waals surface area (Å²) in [7, 11) is -3.69. The zero-order valence-electron chi connectivity index (χ0n) is 11.0. The molecule has 0 saturated carbocycles. The monoisotopic (exact) mass is 306 g/mol. The molecular formula is C14H14N2O4S. The van der Waals surface area contributed by atoms with E-state index in [2.05, 4.69) is 4.72 Å². The molecule has 0 aliphatic rings. The number of nitrogens with two attached hydrogens (primary N) is 1. The van der Waals surface area contributed by atoms with Gasteiger partial charge in [0.15, 0.2) is 0 Å². The maximum absolute atomic E-state index is 12.1. The maximum atomic E-state index is 12.1. The average molecular weight is 306 g/mol. The number of rotatable bonds is 5. The first-order chi connectivity index (χ1) is 9.87. The van der Waals surface area contributed by atoms with Crippen molar-refractivity contribution in [1.29, 1.82) is 0 Å². The highest BCUT2D eigenvalue weighted by Gasteiger charge is 2.13. The molecule has 6 nitrogen and oxygen atoms in total. The number of hydrogen-bond acceptors (Lipinski definition) is 4. The lowest BCUT2D eigenvalue weighted by Crippen LogP contribution is -2.13. The SMILES string of the molecule is Nc1ccc(S(=O)(=O)Nc2ccc(CC(=O)O)cc2)cc1. The molecule has 110 valence electrons. The molecule has 0 atom stereocenters. The molecule has 2 aromatic carbocycles. The predicted molar refractivity (Wildman–Crippen MR) is 79.4 cm³/mol. The van der Waals surface area contributed by atoms with Gasteiger partial charge in [-0.25, -0.2) is 8.42 Å². The van der Waals surface area contributed by atoms with Crippen LogP contribution in [0.1, 0.15) is 5.56 Å². The van der Waals surface area contributed by atoms with E-state index in [4.69, 9.17) is 10.8 Å². The number of carboxylic acid groups (broad SMARTS) is 1. The van der Waals surface area contributed by atoms with Crippen molar-refractivity contribution in [1.82, 2.24) is 0 Å². The van der Waals surface area contributed by atoms with Gasteiger partial charge in [-0.3, -0.25) is 9.52 Å². The minimum atomic E-state index is -3.69. The summed E-state index contributed by atoms with van der Waals surface area (Å²) in [5.41, 5.74) is 6.95. The Hall–Kier alpha value is -2.54. The van der Waals surface area contributed by atoms with Crippen molar-refractivity contribution in [3.63, 3.8) is 0 Å². The highest BCUT2D eigenvalue weighted by molar-refractivity contribution is 7.92. The van der Waals surface area contributed by atoms with Crippen molar-refractivity contribution in [2.24, 2.45) is 0 Å². The maximum Gasteiger partial charge on any atom is 0.307 e. The zero-order valence-corrected chi connectivity index (χ0v) is 11.8. The molecular weight excluding hydrogens is 292 g/mol. The van der Waals surface area contributed by atoms with Gasteiger partial charge in [-0.2, -0.15) is 0 Å². The Morgan fingerprint density at radius 3 is 2.14 bits per heavy atom. The first-order valence-electron chi connectivity index (χ1n) is 6.06. The Morgan fingerprint density at radius 2 is 1.62 bits per heavy atom. The molecule has 0 aliphatic heterocycles. The molecule has 7 heteroatoms. The number of sulfonamides is 1. The number of hydrogen-bond donors (Lipinski definition) is 3. The van der Waals surface area contributed by atoms with Gasteiger partial charge in [0.05, 0.1) is 11.3 Å². The van der Waals surface area contributed by atoms with Crippen LogP contribution in [0.4, 0.5) is 11.4 Å². The molecule has 0 saturated heterocycles. The molecule has 0 aromatic heterocycles. The van der Waals surface area contributed by atoms with E-state index in [1.807, 2.05) is 0 Å². The highest BCUT2D eigenvalue weighted by Crippen LogP contribution is 2.17. The molecule has 21 heavy (non-hydrogen) atoms. The third-order valence-electron chi connectivity index (χ3n) is 2.75. The molecule has 4 N–H and O–H groups in total. The van der Waals surface area contributed by atoms with Crippen molar-refractivity contribution < 1.29 is 18.3 Å². The van der Waals surface area contributed by atoms with E-state index < -0.39 is 16.0 Å². The quantitative estimate of drug-likeness (QED) is 0.728. The lowest BCUT2D eigenvalue weighted by atomic mass is 10.1. The number of anilines is 2. The van der Waals surface area contributed by atoms with E-state index in [0.29, 0.717) is 16.9 Å². The van der Waals surface area contributed by atoms with Crippen LogP contribution in [0, 0.1) is 0 Å². The van der Waals surface area contributed by atoms with E-state index in [-0.39, 0.29) is 11.3 Å². The Bertz CT molecular complexity index is 738. The topological polar surface area (TPSA) is 109 Å². The summed E-state index contributed by atoms with van der Waals surface area (Å²) in [4.78, 5) is 10.7. The fraction of sp³-hybridized carbons (Fsp3) is 0.0714. The van der Waals surface area contributed by atoms with Crippen molar-refractivity contribution in [2.45, 2.75) is 11.3 Å². The summed E-state index contributed by atoms with van der Waals surface area (Å²) in [6.07, 6.45) is -0.106. The summed E-state index contributed by atoms with van der Waals surface area (Å²) < 4.78 is 26.7. The fourth-order valence-electron chi connectivity index (χ4n) is 1.73. The molecule has 0 bridgehead atoms. The Labute approximate surface area is 122 Å². The molecule has 0 fully saturated rings. The number of nitrogens with one attached hydrogen (secondary N) is 1. The lowest BCUT2D eigenvalue weighted by Gasteiger charge is -2.08. The standard InChI is InChI=1S/C14H14N2O4S/c15-11-3-7-13(8-4-11)21(19,20)16-12-5-1-10(2-6-12)9-14(17)18/h1-8,16H,9,15H2,(H,17,18). The second-order valence-corrected chi connectivity index (χ2v) is 6.12. The van der Waals surface area contributed by atoms with Crippen LogP contribution in [0.2, 0.25) is 0 Å². The summed E-state index contributed by atoms with van der Waals surface area (Å²) in [6.45, 7) is 0. The summed E-state index contributed by atoms with van der Waals surface area (Å²) in [6, 6.07) is 12.0. The molecule has 0 heterocycles. The predicted octanol–water partition coefficient (Wildman–Crippen LogP) is 1.70. The van der Waals surface area contributed by atoms with Crippen LogP contribution < -0.4 is 10.5 Å². The lowest BCUT2D eigenvalue weighted by molar-refractivity contribution is -0.136. The number of nitrogen functional groups attached to an aromatic ring is 1. The van der Waals surface area contributed by atoms with Gasteiger partial charge in [-0.05, 0) is 42.0 Å². The first kappa shape index (κ1) is 14.9. The van der Waals surface area contributed by atoms with Crippen molar-refractivity contribution >= 4 is 27.4 Å². The van der Waals surface area contributed by atoms with E-state index in [1.165, 1.54) is 36.4 Å². The molecule has 0 amide bonds. The van der Waals surface area contributed by atoms with Gasteiger partial charge in [0.25, 0.3) is 10.0 Å². The van der Waals surface area contributed by atoms with Crippen LogP contribution in [-0.4, -0.2) is 19.5 Å². The van der Waals surface area contributed by atoms with E-state index in [1.54, 1.807) is 12.1 Å². The number of carbonyl (C=O) groups is 1. The van der Waals surface area contributed by atoms with Gasteiger partial charge in [0.2, 0.25) is 0 Å². The van der Waals surface area contributed by atoms with Crippen LogP contribution in [-0.2, 0) is 21.2 Å². The van der Waals surface area contributed by atoms with Gasteiger partial charge >= 0.3 is 5.97 Å². The van der Waals surface area contributed by atoms with Crippen LogP contribution in [0.5, 0.6) is 0 Å². The first-order valence-corrected chi connectivity index (χ1v) is 7.54. The van der Waals surface area contributed by atoms with Gasteiger partial charge in [-0.15, -0.1) is 0 Å². The molecule has 0 aliphatic carbocycles. The van der Waals surface area contributed by atoms with Gasteiger partial charge in [-0.1, -0.05) is 12.1 Å². The van der Waals surface area contributed by atoms with Crippen LogP contribution in [0.15, 0.2) is 53.4 Å². The fourth-order valence-corrected chi connectivity index (χ4v) is 2.78. The number of carboxylic acids is 1. The minimum absolute atomic E-state index is 0.103. The normalized spacial score (nSPS) is 11.0. The largest absolute Gasteiger partial charge is 0.481 e. The van der Waals surface area contributed by atoms with Gasteiger partial charge in [0, 0.05) is 11.4 Å². The second-order valence-electron chi connectivity index (χ2n) is 4.44. The van der Waals surface area contributed by atoms with Crippen LogP contribution >= 0.6 is 0 Å². The summed E-state index contributed by atoms with van der Waals surface area (Å²) in [5, 5.41) is 8.67. The smallest absolute Gasteiger partial charge is 0.307 e. The molecule has 0 radical (unpaired) electrons. The minimum Gasteiger partial charge on any atom is -0.481 e. The van der Waals surface area contributed by atoms with E-state index >= 15 is 0 Å². The Morgan fingerprint density at radius 1 is 1.05 bits per heavy atom. The molecule has 0 unspecified atom stereocenters. The van der Waals surface area contributed by atoms with E-state index in [0.717, 1.165) is 0 Å². The average Bonchev–Trinajstić information content (AvgIpc) is 2.40.